The molecule has 0 unspecified atom stereocenters. The van der Waals surface area contributed by atoms with Gasteiger partial charge in [0.15, 0.2) is 0 Å². The second kappa shape index (κ2) is 7.36. The van der Waals surface area contributed by atoms with Crippen LogP contribution in [0.15, 0.2) is 23.9 Å². The van der Waals surface area contributed by atoms with Crippen molar-refractivity contribution in [2.75, 3.05) is 32.8 Å². The normalized spacial score (nSPS) is 18.8. The Hall–Kier alpha value is -1.56. The van der Waals surface area contributed by atoms with E-state index in [2.05, 4.69) is 0 Å². The molecular formula is C18H20Cl2N2O3. The molecule has 1 fully saturated rings. The summed E-state index contributed by atoms with van der Waals surface area (Å²) in [6, 6.07) is 4.96. The van der Waals surface area contributed by atoms with Gasteiger partial charge in [0.25, 0.3) is 11.8 Å². The molecule has 0 radical (unpaired) electrons. The highest BCUT2D eigenvalue weighted by Gasteiger charge is 2.42. The van der Waals surface area contributed by atoms with E-state index in [1.165, 1.54) is 4.90 Å². The van der Waals surface area contributed by atoms with Crippen molar-refractivity contribution < 1.29 is 14.3 Å². The summed E-state index contributed by atoms with van der Waals surface area (Å²) in [5.41, 5.74) is 1.31. The molecule has 0 atom stereocenters. The summed E-state index contributed by atoms with van der Waals surface area (Å²) in [5, 5.41) is 0.846. The van der Waals surface area contributed by atoms with Gasteiger partial charge in [-0.15, -0.1) is 0 Å². The molecule has 25 heavy (non-hydrogen) atoms. The number of morpholine rings is 1. The van der Waals surface area contributed by atoms with Crippen LogP contribution in [0.3, 0.4) is 0 Å². The van der Waals surface area contributed by atoms with Gasteiger partial charge in [-0.1, -0.05) is 43.1 Å². The quantitative estimate of drug-likeness (QED) is 0.750. The number of rotatable bonds is 4. The van der Waals surface area contributed by atoms with Crippen LogP contribution in [0.25, 0.3) is 5.57 Å². The third-order valence-corrected chi connectivity index (χ3v) is 4.77. The second-order valence-electron chi connectivity index (χ2n) is 6.56. The lowest BCUT2D eigenvalue weighted by Crippen LogP contribution is -2.41. The first kappa shape index (κ1) is 18.2. The minimum absolute atomic E-state index is 0.180. The van der Waals surface area contributed by atoms with Crippen LogP contribution in [0.4, 0.5) is 0 Å². The molecule has 5 nitrogen and oxygen atoms in total. The van der Waals surface area contributed by atoms with E-state index in [1.54, 1.807) is 18.2 Å². The molecule has 1 aromatic carbocycles. The van der Waals surface area contributed by atoms with Gasteiger partial charge in [-0.2, -0.15) is 0 Å². The highest BCUT2D eigenvalue weighted by atomic mass is 35.5. The van der Waals surface area contributed by atoms with Gasteiger partial charge in [-0.25, -0.2) is 0 Å². The molecule has 2 aliphatic heterocycles. The maximum atomic E-state index is 13.0. The van der Waals surface area contributed by atoms with Gasteiger partial charge >= 0.3 is 0 Å². The van der Waals surface area contributed by atoms with Crippen LogP contribution in [0, 0.1) is 5.92 Å². The summed E-state index contributed by atoms with van der Waals surface area (Å²) >= 11 is 12.3. The number of amides is 2. The van der Waals surface area contributed by atoms with E-state index in [0.29, 0.717) is 59.7 Å². The largest absolute Gasteiger partial charge is 0.378 e. The smallest absolute Gasteiger partial charge is 0.277 e. The number of benzene rings is 1. The summed E-state index contributed by atoms with van der Waals surface area (Å²) in [6.45, 7) is 6.51. The average Bonchev–Trinajstić information content (AvgIpc) is 2.80. The Labute approximate surface area is 157 Å². The summed E-state index contributed by atoms with van der Waals surface area (Å²) < 4.78 is 5.38. The Balaban J connectivity index is 2.10. The number of nitrogens with zero attached hydrogens (tertiary/aromatic N) is 2. The van der Waals surface area contributed by atoms with E-state index in [1.807, 2.05) is 18.7 Å². The minimum atomic E-state index is -0.301. The standard InChI is InChI=1S/C18H20Cl2N2O3/c1-11(2)10-22-17(23)15(13-4-3-12(19)9-14(13)20)16(18(22)24)21-5-7-25-8-6-21/h3-4,9,11H,5-8,10H2,1-2H3. The molecule has 0 saturated carbocycles. The SMILES string of the molecule is CC(C)CN1C(=O)C(c2ccc(Cl)cc2Cl)=C(N2CCOCC2)C1=O. The Kier molecular flexibility index (Phi) is 5.37. The summed E-state index contributed by atoms with van der Waals surface area (Å²) in [6.07, 6.45) is 0. The molecule has 0 N–H and O–H groups in total. The highest BCUT2D eigenvalue weighted by molar-refractivity contribution is 6.41. The molecule has 0 spiro atoms. The van der Waals surface area contributed by atoms with Gasteiger partial charge in [0.2, 0.25) is 0 Å². The number of hydrogen-bond donors (Lipinski definition) is 0. The van der Waals surface area contributed by atoms with Crippen LogP contribution in [0.2, 0.25) is 10.0 Å². The molecule has 2 aliphatic rings. The number of hydrogen-bond acceptors (Lipinski definition) is 4. The van der Waals surface area contributed by atoms with Gasteiger partial charge < -0.3 is 9.64 Å². The lowest BCUT2D eigenvalue weighted by Gasteiger charge is -2.29. The van der Waals surface area contributed by atoms with Crippen molar-refractivity contribution in [3.8, 4) is 0 Å². The molecule has 2 heterocycles. The van der Waals surface area contributed by atoms with E-state index >= 15 is 0 Å². The Morgan fingerprint density at radius 1 is 1.12 bits per heavy atom. The topological polar surface area (TPSA) is 49.9 Å². The van der Waals surface area contributed by atoms with Crippen molar-refractivity contribution in [2.24, 2.45) is 5.92 Å². The van der Waals surface area contributed by atoms with Gasteiger partial charge in [-0.05, 0) is 18.1 Å². The van der Waals surface area contributed by atoms with Crippen LogP contribution < -0.4 is 0 Å². The first-order chi connectivity index (χ1) is 11.9. The van der Waals surface area contributed by atoms with Crippen LogP contribution >= 0.6 is 23.2 Å². The van der Waals surface area contributed by atoms with Crippen molar-refractivity contribution in [3.63, 3.8) is 0 Å². The van der Waals surface area contributed by atoms with Gasteiger partial charge in [-0.3, -0.25) is 14.5 Å². The van der Waals surface area contributed by atoms with E-state index in [9.17, 15) is 9.59 Å². The summed E-state index contributed by atoms with van der Waals surface area (Å²) in [7, 11) is 0. The fourth-order valence-corrected chi connectivity index (χ4v) is 3.61. The van der Waals surface area contributed by atoms with Gasteiger partial charge in [0.05, 0.1) is 23.8 Å². The zero-order valence-corrected chi connectivity index (χ0v) is 15.7. The van der Waals surface area contributed by atoms with Gasteiger partial charge in [0, 0.05) is 30.2 Å². The number of halogens is 2. The van der Waals surface area contributed by atoms with Crippen molar-refractivity contribution in [3.05, 3.63) is 39.5 Å². The fourth-order valence-electron chi connectivity index (χ4n) is 3.11. The zero-order valence-electron chi connectivity index (χ0n) is 14.2. The number of imide groups is 1. The van der Waals surface area contributed by atoms with Crippen molar-refractivity contribution in [1.29, 1.82) is 0 Å². The first-order valence-corrected chi connectivity index (χ1v) is 9.04. The molecule has 2 amide bonds. The van der Waals surface area contributed by atoms with Crippen molar-refractivity contribution >= 4 is 40.6 Å². The van der Waals surface area contributed by atoms with Crippen molar-refractivity contribution in [2.45, 2.75) is 13.8 Å². The van der Waals surface area contributed by atoms with E-state index in [-0.39, 0.29) is 17.7 Å². The lowest BCUT2D eigenvalue weighted by molar-refractivity contribution is -0.138. The third kappa shape index (κ3) is 3.54. The zero-order chi connectivity index (χ0) is 18.1. The molecule has 3 rings (SSSR count). The van der Waals surface area contributed by atoms with Gasteiger partial charge in [0.1, 0.15) is 5.70 Å². The number of carbonyl (C=O) groups is 2. The molecule has 134 valence electrons. The lowest BCUT2D eigenvalue weighted by atomic mass is 10.0. The molecule has 1 saturated heterocycles. The monoisotopic (exact) mass is 382 g/mol. The highest BCUT2D eigenvalue weighted by Crippen LogP contribution is 2.36. The van der Waals surface area contributed by atoms with E-state index < -0.39 is 0 Å². The average molecular weight is 383 g/mol. The van der Waals surface area contributed by atoms with Crippen molar-refractivity contribution in [1.82, 2.24) is 9.80 Å². The molecular weight excluding hydrogens is 363 g/mol. The predicted octanol–water partition coefficient (Wildman–Crippen LogP) is 3.06. The first-order valence-electron chi connectivity index (χ1n) is 8.28. The maximum Gasteiger partial charge on any atom is 0.277 e. The second-order valence-corrected chi connectivity index (χ2v) is 7.41. The molecule has 1 aromatic rings. The van der Waals surface area contributed by atoms with E-state index in [0.717, 1.165) is 0 Å². The summed E-state index contributed by atoms with van der Waals surface area (Å²) in [4.78, 5) is 29.3. The van der Waals surface area contributed by atoms with E-state index in [4.69, 9.17) is 27.9 Å². The molecule has 0 bridgehead atoms. The Morgan fingerprint density at radius 2 is 1.80 bits per heavy atom. The molecule has 7 heteroatoms. The predicted molar refractivity (Wildman–Crippen MR) is 97.3 cm³/mol. The summed E-state index contributed by atoms with van der Waals surface area (Å²) in [5.74, 6) is -0.384. The minimum Gasteiger partial charge on any atom is -0.378 e. The Morgan fingerprint density at radius 3 is 2.40 bits per heavy atom. The number of ether oxygens (including phenoxy) is 1. The molecule has 0 aromatic heterocycles. The molecule has 0 aliphatic carbocycles. The number of carbonyl (C=O) groups excluding carboxylic acids is 2. The van der Waals surface area contributed by atoms with Crippen LogP contribution in [-0.4, -0.2) is 54.5 Å². The Bertz CT molecular complexity index is 740. The van der Waals surface area contributed by atoms with Crippen LogP contribution in [-0.2, 0) is 14.3 Å². The van der Waals surface area contributed by atoms with Crippen LogP contribution in [0.5, 0.6) is 0 Å². The maximum absolute atomic E-state index is 13.0. The van der Waals surface area contributed by atoms with Crippen LogP contribution in [0.1, 0.15) is 19.4 Å². The fraction of sp³-hybridized carbons (Fsp3) is 0.444. The third-order valence-electron chi connectivity index (χ3n) is 4.22.